The number of halogens is 1. The van der Waals surface area contributed by atoms with Crippen molar-refractivity contribution >= 4 is 21.9 Å². The lowest BCUT2D eigenvalue weighted by atomic mass is 10.1. The van der Waals surface area contributed by atoms with Crippen LogP contribution in [0.4, 0.5) is 0 Å². The standard InChI is InChI=1S/C19H22BrNO3/c1-21(2)11-17-10-18(20)8-7-16(17)13-24-12-14-5-4-6-15(9-14)19(22)23-3/h4-10H,11-13H2,1-3H3. The Kier molecular flexibility index (Phi) is 6.97. The minimum absolute atomic E-state index is 0.335. The summed E-state index contributed by atoms with van der Waals surface area (Å²) in [6.45, 7) is 1.83. The van der Waals surface area contributed by atoms with Gasteiger partial charge in [0.05, 0.1) is 25.9 Å². The maximum absolute atomic E-state index is 11.6. The van der Waals surface area contributed by atoms with Crippen molar-refractivity contribution in [3.63, 3.8) is 0 Å². The molecule has 0 fully saturated rings. The molecule has 2 aromatic rings. The van der Waals surface area contributed by atoms with Crippen LogP contribution in [-0.2, 0) is 29.2 Å². The molecule has 0 aromatic heterocycles. The lowest BCUT2D eigenvalue weighted by Gasteiger charge is -2.15. The van der Waals surface area contributed by atoms with Gasteiger partial charge in [0.2, 0.25) is 0 Å². The summed E-state index contributed by atoms with van der Waals surface area (Å²) in [6.07, 6.45) is 0. The highest BCUT2D eigenvalue weighted by atomic mass is 79.9. The maximum Gasteiger partial charge on any atom is 0.337 e. The molecule has 0 aliphatic carbocycles. The smallest absolute Gasteiger partial charge is 0.337 e. The molecule has 0 heterocycles. The van der Waals surface area contributed by atoms with Crippen LogP contribution in [0.15, 0.2) is 46.9 Å². The molecule has 2 aromatic carbocycles. The van der Waals surface area contributed by atoms with E-state index >= 15 is 0 Å². The second-order valence-corrected chi connectivity index (χ2v) is 6.75. The molecule has 0 saturated heterocycles. The molecular weight excluding hydrogens is 370 g/mol. The van der Waals surface area contributed by atoms with Crippen molar-refractivity contribution in [1.29, 1.82) is 0 Å². The first-order valence-corrected chi connectivity index (χ1v) is 8.46. The van der Waals surface area contributed by atoms with Crippen LogP contribution < -0.4 is 0 Å². The highest BCUT2D eigenvalue weighted by Gasteiger charge is 2.07. The van der Waals surface area contributed by atoms with Crippen molar-refractivity contribution in [1.82, 2.24) is 4.90 Å². The van der Waals surface area contributed by atoms with Gasteiger partial charge in [-0.3, -0.25) is 0 Å². The summed E-state index contributed by atoms with van der Waals surface area (Å²) in [6, 6.07) is 13.5. The van der Waals surface area contributed by atoms with E-state index < -0.39 is 0 Å². The summed E-state index contributed by atoms with van der Waals surface area (Å²) in [4.78, 5) is 13.7. The SMILES string of the molecule is COC(=O)c1cccc(COCc2ccc(Br)cc2CN(C)C)c1. The lowest BCUT2D eigenvalue weighted by Crippen LogP contribution is -2.12. The number of benzene rings is 2. The van der Waals surface area contributed by atoms with Gasteiger partial charge >= 0.3 is 5.97 Å². The molecule has 128 valence electrons. The molecule has 0 bridgehead atoms. The van der Waals surface area contributed by atoms with Gasteiger partial charge < -0.3 is 14.4 Å². The summed E-state index contributed by atoms with van der Waals surface area (Å²) in [5, 5.41) is 0. The molecule has 0 spiro atoms. The van der Waals surface area contributed by atoms with Crippen molar-refractivity contribution in [2.75, 3.05) is 21.2 Å². The van der Waals surface area contributed by atoms with Crippen molar-refractivity contribution in [3.05, 3.63) is 69.2 Å². The van der Waals surface area contributed by atoms with Gasteiger partial charge in [0.15, 0.2) is 0 Å². The molecule has 4 nitrogen and oxygen atoms in total. The normalized spacial score (nSPS) is 10.9. The van der Waals surface area contributed by atoms with Crippen LogP contribution in [0, 0.1) is 0 Å². The number of esters is 1. The predicted octanol–water partition coefficient (Wildman–Crippen LogP) is 4.01. The molecule has 0 atom stereocenters. The van der Waals surface area contributed by atoms with E-state index in [9.17, 15) is 4.79 Å². The van der Waals surface area contributed by atoms with Gasteiger partial charge in [-0.2, -0.15) is 0 Å². The van der Waals surface area contributed by atoms with Crippen molar-refractivity contribution < 1.29 is 14.3 Å². The number of ether oxygens (including phenoxy) is 2. The van der Waals surface area contributed by atoms with Crippen LogP contribution in [0.3, 0.4) is 0 Å². The van der Waals surface area contributed by atoms with Crippen LogP contribution in [0.5, 0.6) is 0 Å². The molecular formula is C19H22BrNO3. The van der Waals surface area contributed by atoms with Gasteiger partial charge in [-0.25, -0.2) is 4.79 Å². The Labute approximate surface area is 151 Å². The molecule has 24 heavy (non-hydrogen) atoms. The molecule has 0 N–H and O–H groups in total. The predicted molar refractivity (Wildman–Crippen MR) is 97.8 cm³/mol. The van der Waals surface area contributed by atoms with Crippen LogP contribution in [0.1, 0.15) is 27.0 Å². The Balaban J connectivity index is 2.00. The van der Waals surface area contributed by atoms with E-state index in [2.05, 4.69) is 33.0 Å². The zero-order chi connectivity index (χ0) is 17.5. The van der Waals surface area contributed by atoms with Crippen LogP contribution in [-0.4, -0.2) is 32.1 Å². The monoisotopic (exact) mass is 391 g/mol. The fraction of sp³-hybridized carbons (Fsp3) is 0.316. The average Bonchev–Trinajstić information content (AvgIpc) is 2.56. The molecule has 0 unspecified atom stereocenters. The van der Waals surface area contributed by atoms with Crippen molar-refractivity contribution in [2.45, 2.75) is 19.8 Å². The largest absolute Gasteiger partial charge is 0.465 e. The van der Waals surface area contributed by atoms with E-state index in [-0.39, 0.29) is 5.97 Å². The fourth-order valence-electron chi connectivity index (χ4n) is 2.41. The molecule has 5 heteroatoms. The number of rotatable bonds is 7. The molecule has 0 radical (unpaired) electrons. The highest BCUT2D eigenvalue weighted by molar-refractivity contribution is 9.10. The van der Waals surface area contributed by atoms with Crippen LogP contribution in [0.2, 0.25) is 0 Å². The summed E-state index contributed by atoms with van der Waals surface area (Å²) in [7, 11) is 5.47. The third-order valence-corrected chi connectivity index (χ3v) is 4.02. The molecule has 0 saturated carbocycles. The van der Waals surface area contributed by atoms with Crippen LogP contribution in [0.25, 0.3) is 0 Å². The highest BCUT2D eigenvalue weighted by Crippen LogP contribution is 2.19. The Hall–Kier alpha value is -1.69. The van der Waals surface area contributed by atoms with Gasteiger partial charge in [0.1, 0.15) is 0 Å². The number of hydrogen-bond acceptors (Lipinski definition) is 4. The summed E-state index contributed by atoms with van der Waals surface area (Å²) < 4.78 is 11.7. The van der Waals surface area contributed by atoms with E-state index in [1.165, 1.54) is 12.7 Å². The number of methoxy groups -OCH3 is 1. The van der Waals surface area contributed by atoms with E-state index in [0.29, 0.717) is 18.8 Å². The van der Waals surface area contributed by atoms with E-state index in [4.69, 9.17) is 9.47 Å². The van der Waals surface area contributed by atoms with E-state index in [1.54, 1.807) is 12.1 Å². The first-order chi connectivity index (χ1) is 11.5. The van der Waals surface area contributed by atoms with E-state index in [1.807, 2.05) is 32.3 Å². The minimum Gasteiger partial charge on any atom is -0.465 e. The third-order valence-electron chi connectivity index (χ3n) is 3.53. The quantitative estimate of drug-likeness (QED) is 0.668. The molecule has 0 amide bonds. The Morgan fingerprint density at radius 2 is 1.88 bits per heavy atom. The van der Waals surface area contributed by atoms with Gasteiger partial charge in [-0.1, -0.05) is 34.1 Å². The maximum atomic E-state index is 11.6. The molecule has 0 aliphatic rings. The average molecular weight is 392 g/mol. The van der Waals surface area contributed by atoms with Gasteiger partial charge in [0, 0.05) is 11.0 Å². The second-order valence-electron chi connectivity index (χ2n) is 5.84. The van der Waals surface area contributed by atoms with Gasteiger partial charge in [0.25, 0.3) is 0 Å². The summed E-state index contributed by atoms with van der Waals surface area (Å²) in [5.74, 6) is -0.335. The zero-order valence-electron chi connectivity index (χ0n) is 14.2. The summed E-state index contributed by atoms with van der Waals surface area (Å²) in [5.41, 5.74) is 3.88. The number of nitrogens with zero attached hydrogens (tertiary/aromatic N) is 1. The van der Waals surface area contributed by atoms with Crippen LogP contribution >= 0.6 is 15.9 Å². The van der Waals surface area contributed by atoms with Crippen molar-refractivity contribution in [3.8, 4) is 0 Å². The Bertz CT molecular complexity index is 701. The number of hydrogen-bond donors (Lipinski definition) is 0. The van der Waals surface area contributed by atoms with Gasteiger partial charge in [-0.15, -0.1) is 0 Å². The van der Waals surface area contributed by atoms with Crippen molar-refractivity contribution in [2.24, 2.45) is 0 Å². The second kappa shape index (κ2) is 8.97. The Morgan fingerprint density at radius 3 is 2.58 bits per heavy atom. The third kappa shape index (κ3) is 5.44. The van der Waals surface area contributed by atoms with Gasteiger partial charge in [-0.05, 0) is 55.1 Å². The zero-order valence-corrected chi connectivity index (χ0v) is 15.8. The van der Waals surface area contributed by atoms with E-state index in [0.717, 1.165) is 22.1 Å². The number of carbonyl (C=O) groups is 1. The first kappa shape index (κ1) is 18.6. The lowest BCUT2D eigenvalue weighted by molar-refractivity contribution is 0.0600. The summed E-state index contributed by atoms with van der Waals surface area (Å²) >= 11 is 3.52. The minimum atomic E-state index is -0.335. The number of carbonyl (C=O) groups excluding carboxylic acids is 1. The Morgan fingerprint density at radius 1 is 1.08 bits per heavy atom. The fourth-order valence-corrected chi connectivity index (χ4v) is 2.82. The first-order valence-electron chi connectivity index (χ1n) is 7.66. The molecule has 2 rings (SSSR count). The molecule has 0 aliphatic heterocycles. The topological polar surface area (TPSA) is 38.8 Å².